The van der Waals surface area contributed by atoms with Gasteiger partial charge in [0, 0.05) is 6.54 Å². The van der Waals surface area contributed by atoms with Gasteiger partial charge in [0.15, 0.2) is 5.03 Å². The molecule has 8 heteroatoms. The van der Waals surface area contributed by atoms with Gasteiger partial charge in [-0.2, -0.15) is 9.40 Å². The molecule has 0 bridgehead atoms. The van der Waals surface area contributed by atoms with Crippen molar-refractivity contribution in [1.82, 2.24) is 14.5 Å². The predicted octanol–water partition coefficient (Wildman–Crippen LogP) is -1.34. The quantitative estimate of drug-likeness (QED) is 0.669. The molecule has 1 aliphatic heterocycles. The van der Waals surface area contributed by atoms with E-state index in [1.54, 1.807) is 0 Å². The van der Waals surface area contributed by atoms with E-state index in [1.165, 1.54) is 12.3 Å². The van der Waals surface area contributed by atoms with E-state index >= 15 is 0 Å². The zero-order valence-corrected chi connectivity index (χ0v) is 8.57. The van der Waals surface area contributed by atoms with Crippen LogP contribution in [0.25, 0.3) is 0 Å². The molecule has 1 aromatic heterocycles. The Balaban J connectivity index is 2.28. The number of rotatable bonds is 3. The van der Waals surface area contributed by atoms with Gasteiger partial charge in [-0.05, 0) is 12.5 Å². The lowest BCUT2D eigenvalue weighted by Crippen LogP contribution is -2.57. The first-order chi connectivity index (χ1) is 7.03. The van der Waals surface area contributed by atoms with Crippen molar-refractivity contribution in [2.75, 3.05) is 6.54 Å². The summed E-state index contributed by atoms with van der Waals surface area (Å²) in [6.45, 7) is 0.314. The highest BCUT2D eigenvalue weighted by atomic mass is 32.2. The number of H-pyrrole nitrogens is 1. The van der Waals surface area contributed by atoms with Crippen molar-refractivity contribution in [2.45, 2.75) is 17.5 Å². The van der Waals surface area contributed by atoms with Crippen LogP contribution in [0, 0.1) is 0 Å². The highest BCUT2D eigenvalue weighted by molar-refractivity contribution is 7.89. The summed E-state index contributed by atoms with van der Waals surface area (Å²) in [6, 6.07) is 0.615. The van der Waals surface area contributed by atoms with Crippen LogP contribution >= 0.6 is 0 Å². The van der Waals surface area contributed by atoms with Crippen LogP contribution in [0.3, 0.4) is 0 Å². The Morgan fingerprint density at radius 2 is 2.40 bits per heavy atom. The van der Waals surface area contributed by atoms with Gasteiger partial charge in [0.25, 0.3) is 10.0 Å². The van der Waals surface area contributed by atoms with Crippen molar-refractivity contribution < 1.29 is 13.2 Å². The lowest BCUT2D eigenvalue weighted by Gasteiger charge is -2.36. The maximum absolute atomic E-state index is 11.8. The molecule has 1 fully saturated rings. The first-order valence-electron chi connectivity index (χ1n) is 4.34. The van der Waals surface area contributed by atoms with Crippen LogP contribution in [0.2, 0.25) is 0 Å². The fourth-order valence-corrected chi connectivity index (χ4v) is 2.99. The summed E-state index contributed by atoms with van der Waals surface area (Å²) in [4.78, 5) is 10.9. The summed E-state index contributed by atoms with van der Waals surface area (Å²) in [7, 11) is -3.64. The molecule has 1 atom stereocenters. The molecular formula is C7H10N4O3S. The van der Waals surface area contributed by atoms with Gasteiger partial charge in [-0.25, -0.2) is 8.42 Å². The molecule has 1 saturated heterocycles. The molecule has 1 unspecified atom stereocenters. The lowest BCUT2D eigenvalue weighted by atomic mass is 10.1. The number of carbonyl (C=O) groups excluding carboxylic acids is 1. The van der Waals surface area contributed by atoms with Crippen LogP contribution in [0.1, 0.15) is 6.42 Å². The second-order valence-corrected chi connectivity index (χ2v) is 5.10. The van der Waals surface area contributed by atoms with Crippen molar-refractivity contribution in [1.29, 1.82) is 0 Å². The monoisotopic (exact) mass is 230 g/mol. The summed E-state index contributed by atoms with van der Waals surface area (Å²) < 4.78 is 24.7. The fourth-order valence-electron chi connectivity index (χ4n) is 1.45. The van der Waals surface area contributed by atoms with Crippen LogP contribution in [0.15, 0.2) is 17.3 Å². The number of hydrogen-bond acceptors (Lipinski definition) is 4. The van der Waals surface area contributed by atoms with Crippen molar-refractivity contribution in [3.63, 3.8) is 0 Å². The minimum absolute atomic E-state index is 0.0200. The number of nitrogens with one attached hydrogen (secondary N) is 1. The Morgan fingerprint density at radius 1 is 1.67 bits per heavy atom. The van der Waals surface area contributed by atoms with Crippen LogP contribution in [-0.4, -0.2) is 41.4 Å². The van der Waals surface area contributed by atoms with Crippen molar-refractivity contribution in [2.24, 2.45) is 5.73 Å². The Labute approximate surface area is 86.3 Å². The number of carbonyl (C=O) groups is 1. The fraction of sp³-hybridized carbons (Fsp3) is 0.429. The molecule has 7 nitrogen and oxygen atoms in total. The first-order valence-corrected chi connectivity index (χ1v) is 5.78. The molecule has 0 aliphatic carbocycles. The zero-order chi connectivity index (χ0) is 11.1. The van der Waals surface area contributed by atoms with Crippen LogP contribution in [0.5, 0.6) is 0 Å². The number of aromatic nitrogens is 2. The molecule has 1 amide bonds. The summed E-state index contributed by atoms with van der Waals surface area (Å²) in [5, 5.41) is 5.89. The topological polar surface area (TPSA) is 109 Å². The minimum Gasteiger partial charge on any atom is -0.368 e. The van der Waals surface area contributed by atoms with Gasteiger partial charge in [-0.15, -0.1) is 0 Å². The molecule has 2 rings (SSSR count). The normalized spacial score (nSPS) is 22.3. The van der Waals surface area contributed by atoms with Gasteiger partial charge in [-0.1, -0.05) is 0 Å². The summed E-state index contributed by atoms with van der Waals surface area (Å²) in [5.74, 6) is -0.621. The molecule has 2 heterocycles. The number of primary amides is 1. The molecule has 15 heavy (non-hydrogen) atoms. The largest absolute Gasteiger partial charge is 0.368 e. The molecule has 0 spiro atoms. The van der Waals surface area contributed by atoms with Gasteiger partial charge >= 0.3 is 0 Å². The van der Waals surface area contributed by atoms with E-state index < -0.39 is 22.0 Å². The Bertz CT molecular complexity index is 466. The number of nitrogens with zero attached hydrogens (tertiary/aromatic N) is 2. The third-order valence-electron chi connectivity index (χ3n) is 2.36. The molecule has 0 aromatic carbocycles. The smallest absolute Gasteiger partial charge is 0.260 e. The van der Waals surface area contributed by atoms with Crippen molar-refractivity contribution in [3.8, 4) is 0 Å². The summed E-state index contributed by atoms with van der Waals surface area (Å²) >= 11 is 0. The first kappa shape index (κ1) is 10.1. The van der Waals surface area contributed by atoms with E-state index in [9.17, 15) is 13.2 Å². The van der Waals surface area contributed by atoms with Crippen LogP contribution < -0.4 is 5.73 Å². The van der Waals surface area contributed by atoms with E-state index in [0.29, 0.717) is 13.0 Å². The molecular weight excluding hydrogens is 220 g/mol. The van der Waals surface area contributed by atoms with Gasteiger partial charge in [0.2, 0.25) is 5.91 Å². The third kappa shape index (κ3) is 1.51. The average Bonchev–Trinajstić information content (AvgIpc) is 2.50. The van der Waals surface area contributed by atoms with Crippen molar-refractivity contribution in [3.05, 3.63) is 12.3 Å². The van der Waals surface area contributed by atoms with E-state index in [2.05, 4.69) is 10.2 Å². The second kappa shape index (κ2) is 3.31. The van der Waals surface area contributed by atoms with Gasteiger partial charge in [0.05, 0.1) is 6.20 Å². The summed E-state index contributed by atoms with van der Waals surface area (Å²) in [5.41, 5.74) is 5.07. The lowest BCUT2D eigenvalue weighted by molar-refractivity contribution is -0.124. The van der Waals surface area contributed by atoms with E-state index in [4.69, 9.17) is 5.73 Å². The van der Waals surface area contributed by atoms with E-state index in [-0.39, 0.29) is 5.03 Å². The number of sulfonamides is 1. The molecule has 1 aromatic rings. The third-order valence-corrected chi connectivity index (χ3v) is 4.20. The number of amides is 1. The number of hydrogen-bond donors (Lipinski definition) is 2. The number of aromatic amines is 1. The highest BCUT2D eigenvalue weighted by Gasteiger charge is 2.42. The molecule has 3 N–H and O–H groups in total. The highest BCUT2D eigenvalue weighted by Crippen LogP contribution is 2.25. The average molecular weight is 230 g/mol. The van der Waals surface area contributed by atoms with Crippen molar-refractivity contribution >= 4 is 15.9 Å². The Morgan fingerprint density at radius 3 is 2.80 bits per heavy atom. The maximum atomic E-state index is 11.8. The zero-order valence-electron chi connectivity index (χ0n) is 7.75. The standard InChI is InChI=1S/C7H10N4O3S/c8-7(12)5-2-4-11(5)15(13,14)6-1-3-9-10-6/h1,3,5H,2,4H2,(H2,8,12)(H,9,10). The van der Waals surface area contributed by atoms with Crippen LogP contribution in [-0.2, 0) is 14.8 Å². The molecule has 82 valence electrons. The van der Waals surface area contributed by atoms with E-state index in [1.807, 2.05) is 0 Å². The molecule has 1 aliphatic rings. The summed E-state index contributed by atoms with van der Waals surface area (Å²) in [6.07, 6.45) is 1.81. The van der Waals surface area contributed by atoms with Gasteiger partial charge < -0.3 is 5.73 Å². The van der Waals surface area contributed by atoms with Crippen LogP contribution in [0.4, 0.5) is 0 Å². The number of nitrogens with two attached hydrogens (primary N) is 1. The second-order valence-electron chi connectivity index (χ2n) is 3.24. The Hall–Kier alpha value is -1.41. The predicted molar refractivity (Wildman–Crippen MR) is 50.1 cm³/mol. The molecule has 0 saturated carbocycles. The van der Waals surface area contributed by atoms with Gasteiger partial charge in [-0.3, -0.25) is 9.89 Å². The van der Waals surface area contributed by atoms with Gasteiger partial charge in [0.1, 0.15) is 6.04 Å². The SMILES string of the molecule is NC(=O)C1CCN1S(=O)(=O)c1ccn[nH]1. The molecule has 0 radical (unpaired) electrons. The Kier molecular flexibility index (Phi) is 2.24. The van der Waals surface area contributed by atoms with E-state index in [0.717, 1.165) is 4.31 Å². The maximum Gasteiger partial charge on any atom is 0.260 e. The minimum atomic E-state index is -3.64.